The van der Waals surface area contributed by atoms with Gasteiger partial charge in [-0.05, 0) is 29.8 Å². The zero-order valence-corrected chi connectivity index (χ0v) is 12.7. The summed E-state index contributed by atoms with van der Waals surface area (Å²) in [7, 11) is 1.57. The highest BCUT2D eigenvalue weighted by Crippen LogP contribution is 2.41. The van der Waals surface area contributed by atoms with Crippen LogP contribution in [0.2, 0.25) is 0 Å². The number of carbonyl (C=O) groups is 2. The van der Waals surface area contributed by atoms with Gasteiger partial charge in [0.15, 0.2) is 0 Å². The normalized spacial score (nSPS) is 20.6. The molecule has 0 radical (unpaired) electrons. The molecule has 1 fully saturated rings. The Balaban J connectivity index is 2.05. The van der Waals surface area contributed by atoms with Crippen molar-refractivity contribution in [3.63, 3.8) is 0 Å². The molecule has 2 atom stereocenters. The number of para-hydroxylation sites is 1. The van der Waals surface area contributed by atoms with Crippen LogP contribution in [0.5, 0.6) is 5.75 Å². The first-order chi connectivity index (χ1) is 11.1. The van der Waals surface area contributed by atoms with Crippen LogP contribution >= 0.6 is 0 Å². The van der Waals surface area contributed by atoms with Gasteiger partial charge in [-0.15, -0.1) is 0 Å². The summed E-state index contributed by atoms with van der Waals surface area (Å²) in [4.78, 5) is 25.6. The maximum atomic E-state index is 12.4. The van der Waals surface area contributed by atoms with E-state index >= 15 is 0 Å². The number of ether oxygens (including phenoxy) is 1. The summed E-state index contributed by atoms with van der Waals surface area (Å²) in [5, 5.41) is 9.52. The van der Waals surface area contributed by atoms with Gasteiger partial charge >= 0.3 is 5.97 Å². The first-order valence-electron chi connectivity index (χ1n) is 7.35. The average molecular weight is 311 g/mol. The molecule has 0 spiro atoms. The van der Waals surface area contributed by atoms with Crippen molar-refractivity contribution in [3.05, 3.63) is 60.2 Å². The predicted octanol–water partition coefficient (Wildman–Crippen LogP) is 2.87. The average Bonchev–Trinajstić information content (AvgIpc) is 2.93. The molecule has 1 saturated heterocycles. The van der Waals surface area contributed by atoms with Crippen LogP contribution in [0, 0.1) is 5.92 Å². The summed E-state index contributed by atoms with van der Waals surface area (Å²) in [5.41, 5.74) is 1.50. The van der Waals surface area contributed by atoms with Gasteiger partial charge in [-0.25, -0.2) is 0 Å². The van der Waals surface area contributed by atoms with Crippen LogP contribution in [0.3, 0.4) is 0 Å². The van der Waals surface area contributed by atoms with Gasteiger partial charge in [-0.1, -0.05) is 30.3 Å². The fourth-order valence-electron chi connectivity index (χ4n) is 3.03. The third kappa shape index (κ3) is 2.77. The highest BCUT2D eigenvalue weighted by atomic mass is 16.5. The molecule has 0 saturated carbocycles. The molecular formula is C18H17NO4. The van der Waals surface area contributed by atoms with Crippen LogP contribution in [0.15, 0.2) is 54.6 Å². The van der Waals surface area contributed by atoms with E-state index in [1.807, 2.05) is 42.5 Å². The van der Waals surface area contributed by atoms with Gasteiger partial charge in [0.1, 0.15) is 5.75 Å². The lowest BCUT2D eigenvalue weighted by Gasteiger charge is -2.27. The van der Waals surface area contributed by atoms with Crippen molar-refractivity contribution in [2.24, 2.45) is 5.92 Å². The molecule has 0 aromatic heterocycles. The number of carboxylic acid groups (broad SMARTS) is 1. The number of anilines is 1. The van der Waals surface area contributed by atoms with E-state index in [1.165, 1.54) is 0 Å². The van der Waals surface area contributed by atoms with Crippen molar-refractivity contribution < 1.29 is 19.4 Å². The second kappa shape index (κ2) is 6.12. The van der Waals surface area contributed by atoms with Gasteiger partial charge in [-0.2, -0.15) is 0 Å². The smallest absolute Gasteiger partial charge is 0.309 e. The SMILES string of the molecule is COc1ccc([C@@H]2[C@@H](C(=O)O)CC(=O)N2c2ccccc2)cc1. The molecule has 1 aliphatic heterocycles. The lowest BCUT2D eigenvalue weighted by atomic mass is 9.93. The minimum absolute atomic E-state index is 0.000916. The Labute approximate surface area is 134 Å². The summed E-state index contributed by atoms with van der Waals surface area (Å²) in [5.74, 6) is -1.21. The molecule has 2 aromatic rings. The van der Waals surface area contributed by atoms with Gasteiger partial charge in [0.05, 0.1) is 19.1 Å². The zero-order valence-electron chi connectivity index (χ0n) is 12.7. The van der Waals surface area contributed by atoms with Gasteiger partial charge < -0.3 is 14.7 Å². The second-order valence-corrected chi connectivity index (χ2v) is 5.47. The summed E-state index contributed by atoms with van der Waals surface area (Å²) >= 11 is 0. The molecule has 118 valence electrons. The van der Waals surface area contributed by atoms with E-state index in [2.05, 4.69) is 0 Å². The van der Waals surface area contributed by atoms with Crippen molar-refractivity contribution in [2.75, 3.05) is 12.0 Å². The van der Waals surface area contributed by atoms with Gasteiger partial charge in [0.2, 0.25) is 5.91 Å². The molecule has 1 amide bonds. The fraction of sp³-hybridized carbons (Fsp3) is 0.222. The van der Waals surface area contributed by atoms with Crippen LogP contribution in [-0.2, 0) is 9.59 Å². The Bertz CT molecular complexity index is 712. The molecule has 5 nitrogen and oxygen atoms in total. The van der Waals surface area contributed by atoms with E-state index in [0.717, 1.165) is 5.56 Å². The van der Waals surface area contributed by atoms with E-state index < -0.39 is 17.9 Å². The lowest BCUT2D eigenvalue weighted by Crippen LogP contribution is -2.30. The Morgan fingerprint density at radius 1 is 1.13 bits per heavy atom. The van der Waals surface area contributed by atoms with Crippen molar-refractivity contribution in [1.82, 2.24) is 0 Å². The number of aliphatic carboxylic acids is 1. The van der Waals surface area contributed by atoms with E-state index in [-0.39, 0.29) is 12.3 Å². The van der Waals surface area contributed by atoms with E-state index in [0.29, 0.717) is 11.4 Å². The summed E-state index contributed by atoms with van der Waals surface area (Å²) in [6.07, 6.45) is 0.000916. The highest BCUT2D eigenvalue weighted by Gasteiger charge is 2.45. The zero-order chi connectivity index (χ0) is 16.4. The highest BCUT2D eigenvalue weighted by molar-refractivity contribution is 6.00. The molecule has 1 heterocycles. The van der Waals surface area contributed by atoms with Crippen molar-refractivity contribution in [1.29, 1.82) is 0 Å². The monoisotopic (exact) mass is 311 g/mol. The molecule has 0 bridgehead atoms. The Hall–Kier alpha value is -2.82. The van der Waals surface area contributed by atoms with Crippen LogP contribution in [0.1, 0.15) is 18.0 Å². The van der Waals surface area contributed by atoms with Gasteiger partial charge in [-0.3, -0.25) is 9.59 Å². The van der Waals surface area contributed by atoms with Crippen molar-refractivity contribution in [3.8, 4) is 5.75 Å². The van der Waals surface area contributed by atoms with Gasteiger partial charge in [0, 0.05) is 12.1 Å². The number of benzene rings is 2. The molecule has 0 aliphatic carbocycles. The topological polar surface area (TPSA) is 66.8 Å². The quantitative estimate of drug-likeness (QED) is 0.943. The minimum atomic E-state index is -0.961. The van der Waals surface area contributed by atoms with Gasteiger partial charge in [0.25, 0.3) is 0 Å². The maximum absolute atomic E-state index is 12.4. The molecule has 1 N–H and O–H groups in total. The van der Waals surface area contributed by atoms with Crippen LogP contribution < -0.4 is 9.64 Å². The predicted molar refractivity (Wildman–Crippen MR) is 85.4 cm³/mol. The molecule has 23 heavy (non-hydrogen) atoms. The number of amides is 1. The summed E-state index contributed by atoms with van der Waals surface area (Å²) < 4.78 is 5.14. The summed E-state index contributed by atoms with van der Waals surface area (Å²) in [6.45, 7) is 0. The minimum Gasteiger partial charge on any atom is -0.497 e. The number of hydrogen-bond donors (Lipinski definition) is 1. The third-order valence-electron chi connectivity index (χ3n) is 4.13. The van der Waals surface area contributed by atoms with Crippen LogP contribution in [0.4, 0.5) is 5.69 Å². The Morgan fingerprint density at radius 2 is 1.78 bits per heavy atom. The van der Waals surface area contributed by atoms with E-state index in [1.54, 1.807) is 24.1 Å². The fourth-order valence-corrected chi connectivity index (χ4v) is 3.03. The molecular weight excluding hydrogens is 294 g/mol. The maximum Gasteiger partial charge on any atom is 0.309 e. The number of methoxy groups -OCH3 is 1. The first kappa shape index (κ1) is 15.1. The number of carboxylic acids is 1. The molecule has 1 aliphatic rings. The third-order valence-corrected chi connectivity index (χ3v) is 4.13. The van der Waals surface area contributed by atoms with E-state index in [9.17, 15) is 14.7 Å². The first-order valence-corrected chi connectivity index (χ1v) is 7.35. The second-order valence-electron chi connectivity index (χ2n) is 5.47. The number of hydrogen-bond acceptors (Lipinski definition) is 3. The Kier molecular flexibility index (Phi) is 4.02. The molecule has 5 heteroatoms. The van der Waals surface area contributed by atoms with E-state index in [4.69, 9.17) is 4.74 Å². The number of nitrogens with zero attached hydrogens (tertiary/aromatic N) is 1. The van der Waals surface area contributed by atoms with Crippen molar-refractivity contribution >= 4 is 17.6 Å². The molecule has 2 aromatic carbocycles. The van der Waals surface area contributed by atoms with Crippen molar-refractivity contribution in [2.45, 2.75) is 12.5 Å². The lowest BCUT2D eigenvalue weighted by molar-refractivity contribution is -0.142. The number of rotatable bonds is 4. The molecule has 3 rings (SSSR count). The Morgan fingerprint density at radius 3 is 2.35 bits per heavy atom. The van der Waals surface area contributed by atoms with Crippen LogP contribution in [0.25, 0.3) is 0 Å². The number of carbonyl (C=O) groups excluding carboxylic acids is 1. The largest absolute Gasteiger partial charge is 0.497 e. The van der Waals surface area contributed by atoms with Crippen LogP contribution in [-0.4, -0.2) is 24.1 Å². The summed E-state index contributed by atoms with van der Waals surface area (Å²) in [6, 6.07) is 15.8. The standard InChI is InChI=1S/C18H17NO4/c1-23-14-9-7-12(8-10-14)17-15(18(21)22)11-16(20)19(17)13-5-3-2-4-6-13/h2-10,15,17H,11H2,1H3,(H,21,22)/t15-,17+/m0/s1. The molecule has 0 unspecified atom stereocenters.